The number of hydrogen-bond acceptors (Lipinski definition) is 3. The van der Waals surface area contributed by atoms with Gasteiger partial charge in [-0.25, -0.2) is 0 Å². The van der Waals surface area contributed by atoms with Crippen LogP contribution in [0.25, 0.3) is 0 Å². The molecule has 1 aromatic rings. The van der Waals surface area contributed by atoms with Crippen LogP contribution in [0.5, 0.6) is 5.75 Å². The Hall–Kier alpha value is -1.07. The smallest absolute Gasteiger partial charge is 0.119 e. The molecule has 0 amide bonds. The molecule has 1 unspecified atom stereocenters. The second kappa shape index (κ2) is 7.38. The normalized spacial score (nSPS) is 12.4. The van der Waals surface area contributed by atoms with Crippen LogP contribution in [-0.4, -0.2) is 37.5 Å². The molecule has 1 aromatic carbocycles. The minimum Gasteiger partial charge on any atom is -0.492 e. The van der Waals surface area contributed by atoms with Crippen molar-refractivity contribution in [2.75, 3.05) is 26.7 Å². The summed E-state index contributed by atoms with van der Waals surface area (Å²) in [6.07, 6.45) is 0. The molecule has 0 fully saturated rings. The average molecular weight is 314 g/mol. The van der Waals surface area contributed by atoms with Gasteiger partial charge in [-0.2, -0.15) is 0 Å². The Balaban J connectivity index is 2.25. The first-order valence-electron chi connectivity index (χ1n) is 5.90. The predicted octanol–water partition coefficient (Wildman–Crippen LogP) is 2.33. The Morgan fingerprint density at radius 1 is 1.44 bits per heavy atom. The zero-order chi connectivity index (χ0) is 13.5. The molecule has 0 bridgehead atoms. The summed E-state index contributed by atoms with van der Waals surface area (Å²) in [6, 6.07) is 7.78. The minimum absolute atomic E-state index is 0.0858. The van der Waals surface area contributed by atoms with Gasteiger partial charge in [-0.05, 0) is 31.3 Å². The van der Waals surface area contributed by atoms with Gasteiger partial charge in [0.25, 0.3) is 0 Å². The fourth-order valence-electron chi connectivity index (χ4n) is 1.51. The van der Waals surface area contributed by atoms with Gasteiger partial charge in [-0.3, -0.25) is 5.41 Å². The third kappa shape index (κ3) is 5.51. The second-order valence-corrected chi connectivity index (χ2v) is 5.34. The molecule has 0 aliphatic heterocycles. The Morgan fingerprint density at radius 2 is 2.06 bits per heavy atom. The highest BCUT2D eigenvalue weighted by atomic mass is 79.9. The number of amidine groups is 1. The summed E-state index contributed by atoms with van der Waals surface area (Å²) in [5, 5.41) is 7.34. The van der Waals surface area contributed by atoms with Crippen LogP contribution in [0.3, 0.4) is 0 Å². The van der Waals surface area contributed by atoms with E-state index >= 15 is 0 Å². The van der Waals surface area contributed by atoms with Gasteiger partial charge in [0.1, 0.15) is 12.4 Å². The third-order valence-electron chi connectivity index (χ3n) is 2.67. The fourth-order valence-corrected chi connectivity index (χ4v) is 1.77. The van der Waals surface area contributed by atoms with Crippen LogP contribution in [0.15, 0.2) is 28.7 Å². The molecule has 0 saturated carbocycles. The molecule has 0 saturated heterocycles. The van der Waals surface area contributed by atoms with E-state index in [1.807, 2.05) is 38.2 Å². The lowest BCUT2D eigenvalue weighted by atomic mass is 10.1. The number of likely N-dealkylation sites (N-methyl/N-ethyl adjacent to an activating group) is 1. The first-order chi connectivity index (χ1) is 8.49. The van der Waals surface area contributed by atoms with Gasteiger partial charge in [0.15, 0.2) is 0 Å². The number of rotatable bonds is 7. The van der Waals surface area contributed by atoms with Crippen LogP contribution >= 0.6 is 15.9 Å². The van der Waals surface area contributed by atoms with Crippen molar-refractivity contribution in [3.05, 3.63) is 28.7 Å². The summed E-state index contributed by atoms with van der Waals surface area (Å²) < 4.78 is 6.67. The maximum atomic E-state index is 7.34. The van der Waals surface area contributed by atoms with Crippen LogP contribution in [0.2, 0.25) is 0 Å². The van der Waals surface area contributed by atoms with Gasteiger partial charge in [-0.15, -0.1) is 0 Å². The zero-order valence-corrected chi connectivity index (χ0v) is 12.4. The number of nitrogens with two attached hydrogens (primary N) is 1. The maximum absolute atomic E-state index is 7.34. The number of nitrogens with zero attached hydrogens (tertiary/aromatic N) is 1. The molecule has 4 nitrogen and oxygen atoms in total. The van der Waals surface area contributed by atoms with Gasteiger partial charge < -0.3 is 15.4 Å². The largest absolute Gasteiger partial charge is 0.492 e. The van der Waals surface area contributed by atoms with Gasteiger partial charge in [0.2, 0.25) is 0 Å². The second-order valence-electron chi connectivity index (χ2n) is 4.42. The van der Waals surface area contributed by atoms with E-state index in [1.54, 1.807) is 0 Å². The van der Waals surface area contributed by atoms with Crippen LogP contribution < -0.4 is 10.5 Å². The number of nitrogens with one attached hydrogen (secondary N) is 1. The summed E-state index contributed by atoms with van der Waals surface area (Å²) in [6.45, 7) is 4.17. The van der Waals surface area contributed by atoms with E-state index in [2.05, 4.69) is 20.8 Å². The zero-order valence-electron chi connectivity index (χ0n) is 10.8. The standard InChI is InChI=1S/C13H20BrN3O/c1-10(13(15)16)9-17(2)7-8-18-12-5-3-11(14)4-6-12/h3-6,10H,7-9H2,1-2H3,(H3,15,16). The Bertz CT molecular complexity index is 380. The van der Waals surface area contributed by atoms with Crippen molar-refractivity contribution in [3.63, 3.8) is 0 Å². The van der Waals surface area contributed by atoms with Gasteiger partial charge in [0, 0.05) is 23.5 Å². The van der Waals surface area contributed by atoms with Crippen LogP contribution in [0.4, 0.5) is 0 Å². The molecule has 0 radical (unpaired) electrons. The van der Waals surface area contributed by atoms with E-state index < -0.39 is 0 Å². The van der Waals surface area contributed by atoms with Crippen molar-refractivity contribution in [1.29, 1.82) is 5.41 Å². The molecule has 1 atom stereocenters. The Morgan fingerprint density at radius 3 is 2.61 bits per heavy atom. The van der Waals surface area contributed by atoms with Crippen molar-refractivity contribution < 1.29 is 4.74 Å². The quantitative estimate of drug-likeness (QED) is 0.600. The highest BCUT2D eigenvalue weighted by molar-refractivity contribution is 9.10. The molecule has 3 N–H and O–H groups in total. The van der Waals surface area contributed by atoms with E-state index in [0.29, 0.717) is 6.61 Å². The van der Waals surface area contributed by atoms with Crippen molar-refractivity contribution >= 4 is 21.8 Å². The minimum atomic E-state index is 0.0858. The summed E-state index contributed by atoms with van der Waals surface area (Å²) in [7, 11) is 2.00. The molecule has 100 valence electrons. The van der Waals surface area contributed by atoms with Crippen LogP contribution in [-0.2, 0) is 0 Å². The van der Waals surface area contributed by atoms with Crippen LogP contribution in [0, 0.1) is 11.3 Å². The molecule has 0 aliphatic carbocycles. The van der Waals surface area contributed by atoms with Crippen molar-refractivity contribution in [3.8, 4) is 5.75 Å². The van der Waals surface area contributed by atoms with Crippen LogP contribution in [0.1, 0.15) is 6.92 Å². The highest BCUT2D eigenvalue weighted by Crippen LogP contribution is 2.15. The van der Waals surface area contributed by atoms with E-state index in [-0.39, 0.29) is 11.8 Å². The average Bonchev–Trinajstić information content (AvgIpc) is 2.31. The maximum Gasteiger partial charge on any atom is 0.119 e. The van der Waals surface area contributed by atoms with Crippen molar-refractivity contribution in [2.24, 2.45) is 11.7 Å². The lowest BCUT2D eigenvalue weighted by molar-refractivity contribution is 0.230. The third-order valence-corrected chi connectivity index (χ3v) is 3.20. The molecule has 0 aliphatic rings. The molecule has 1 rings (SSSR count). The SMILES string of the molecule is CC(CN(C)CCOc1ccc(Br)cc1)C(=N)N. The fraction of sp³-hybridized carbons (Fsp3) is 0.462. The lowest BCUT2D eigenvalue weighted by Crippen LogP contribution is -2.34. The topological polar surface area (TPSA) is 62.3 Å². The summed E-state index contributed by atoms with van der Waals surface area (Å²) in [4.78, 5) is 2.12. The van der Waals surface area contributed by atoms with E-state index in [9.17, 15) is 0 Å². The van der Waals surface area contributed by atoms with Gasteiger partial charge in [0.05, 0.1) is 5.84 Å². The molecule has 0 heterocycles. The van der Waals surface area contributed by atoms with Crippen molar-refractivity contribution in [2.45, 2.75) is 6.92 Å². The monoisotopic (exact) mass is 313 g/mol. The Labute approximate surface area is 117 Å². The molecular weight excluding hydrogens is 294 g/mol. The number of halogens is 1. The first-order valence-corrected chi connectivity index (χ1v) is 6.69. The molecule has 0 aromatic heterocycles. The molecule has 0 spiro atoms. The number of benzene rings is 1. The van der Waals surface area contributed by atoms with E-state index in [0.717, 1.165) is 23.3 Å². The molecule has 18 heavy (non-hydrogen) atoms. The predicted molar refractivity (Wildman–Crippen MR) is 78.2 cm³/mol. The van der Waals surface area contributed by atoms with E-state index in [4.69, 9.17) is 15.9 Å². The Kier molecular flexibility index (Phi) is 6.15. The van der Waals surface area contributed by atoms with Gasteiger partial charge in [-0.1, -0.05) is 22.9 Å². The summed E-state index contributed by atoms with van der Waals surface area (Å²) in [5.41, 5.74) is 5.44. The number of hydrogen-bond donors (Lipinski definition) is 2. The van der Waals surface area contributed by atoms with Crippen molar-refractivity contribution in [1.82, 2.24) is 4.90 Å². The molecule has 5 heteroatoms. The number of ether oxygens (including phenoxy) is 1. The first kappa shape index (κ1) is 15.0. The molecular formula is C13H20BrN3O. The highest BCUT2D eigenvalue weighted by Gasteiger charge is 2.08. The van der Waals surface area contributed by atoms with E-state index in [1.165, 1.54) is 0 Å². The summed E-state index contributed by atoms with van der Waals surface area (Å²) in [5.74, 6) is 1.18. The summed E-state index contributed by atoms with van der Waals surface area (Å²) >= 11 is 3.38. The van der Waals surface area contributed by atoms with Gasteiger partial charge >= 0.3 is 0 Å². The lowest BCUT2D eigenvalue weighted by Gasteiger charge is -2.20.